The molecule has 0 atom stereocenters. The molecule has 1 amide bonds. The Morgan fingerprint density at radius 2 is 1.81 bits per heavy atom. The highest BCUT2D eigenvalue weighted by Gasteiger charge is 2.29. The molecule has 1 aromatic rings. The zero-order chi connectivity index (χ0) is 15.6. The van der Waals surface area contributed by atoms with Crippen molar-refractivity contribution in [1.82, 2.24) is 10.0 Å². The van der Waals surface area contributed by atoms with Crippen LogP contribution in [0, 0.1) is 5.92 Å². The van der Waals surface area contributed by atoms with Crippen molar-refractivity contribution in [3.05, 3.63) is 21.1 Å². The van der Waals surface area contributed by atoms with Crippen LogP contribution in [0.5, 0.6) is 0 Å². The monoisotopic (exact) mass is 439 g/mol. The van der Waals surface area contributed by atoms with E-state index in [0.29, 0.717) is 14.6 Å². The lowest BCUT2D eigenvalue weighted by molar-refractivity contribution is -0.122. The highest BCUT2D eigenvalue weighted by molar-refractivity contribution is 9.11. The number of anilines is 1. The molecule has 21 heavy (non-hydrogen) atoms. The van der Waals surface area contributed by atoms with E-state index in [4.69, 9.17) is 5.73 Å². The minimum Gasteiger partial charge on any atom is -0.399 e. The van der Waals surface area contributed by atoms with Crippen molar-refractivity contribution in [2.75, 3.05) is 18.8 Å². The van der Waals surface area contributed by atoms with E-state index in [2.05, 4.69) is 41.9 Å². The SMILES string of the molecule is Nc1cc(Br)c(S(=O)(=O)NCCNC(=O)C2CC2)c(Br)c1. The number of hydrogen-bond acceptors (Lipinski definition) is 4. The van der Waals surface area contributed by atoms with Crippen LogP contribution in [-0.2, 0) is 14.8 Å². The molecule has 1 aromatic carbocycles. The Morgan fingerprint density at radius 3 is 2.33 bits per heavy atom. The lowest BCUT2D eigenvalue weighted by atomic mass is 10.3. The first kappa shape index (κ1) is 16.7. The van der Waals surface area contributed by atoms with Gasteiger partial charge in [-0.1, -0.05) is 0 Å². The number of amides is 1. The second-order valence-electron chi connectivity index (χ2n) is 4.78. The van der Waals surface area contributed by atoms with Crippen molar-refractivity contribution in [2.24, 2.45) is 5.92 Å². The number of halogens is 2. The topological polar surface area (TPSA) is 101 Å². The van der Waals surface area contributed by atoms with E-state index in [1.54, 1.807) is 0 Å². The third kappa shape index (κ3) is 4.41. The maximum absolute atomic E-state index is 12.3. The summed E-state index contributed by atoms with van der Waals surface area (Å²) < 4.78 is 27.7. The zero-order valence-corrected chi connectivity index (χ0v) is 15.0. The molecule has 0 spiro atoms. The quantitative estimate of drug-likeness (QED) is 0.461. The molecule has 1 saturated carbocycles. The fourth-order valence-electron chi connectivity index (χ4n) is 1.77. The van der Waals surface area contributed by atoms with Gasteiger partial charge in [0.1, 0.15) is 4.90 Å². The Hall–Kier alpha value is -0.640. The van der Waals surface area contributed by atoms with Gasteiger partial charge >= 0.3 is 0 Å². The summed E-state index contributed by atoms with van der Waals surface area (Å²) in [6.07, 6.45) is 1.84. The van der Waals surface area contributed by atoms with Crippen LogP contribution in [0.25, 0.3) is 0 Å². The number of nitrogens with two attached hydrogens (primary N) is 1. The van der Waals surface area contributed by atoms with E-state index in [1.807, 2.05) is 0 Å². The third-order valence-electron chi connectivity index (χ3n) is 2.95. The van der Waals surface area contributed by atoms with Crippen LogP contribution in [0.4, 0.5) is 5.69 Å². The average Bonchev–Trinajstić information content (AvgIpc) is 3.16. The van der Waals surface area contributed by atoms with E-state index in [1.165, 1.54) is 12.1 Å². The Morgan fingerprint density at radius 1 is 1.24 bits per heavy atom. The summed E-state index contributed by atoms with van der Waals surface area (Å²) in [4.78, 5) is 11.5. The van der Waals surface area contributed by atoms with Crippen LogP contribution in [0.1, 0.15) is 12.8 Å². The van der Waals surface area contributed by atoms with Crippen molar-refractivity contribution in [1.29, 1.82) is 0 Å². The smallest absolute Gasteiger partial charge is 0.242 e. The molecule has 1 aliphatic carbocycles. The van der Waals surface area contributed by atoms with E-state index in [0.717, 1.165) is 12.8 Å². The van der Waals surface area contributed by atoms with Crippen LogP contribution in [-0.4, -0.2) is 27.4 Å². The normalized spacial score (nSPS) is 15.0. The highest BCUT2D eigenvalue weighted by atomic mass is 79.9. The summed E-state index contributed by atoms with van der Waals surface area (Å²) in [5, 5.41) is 2.70. The van der Waals surface area contributed by atoms with Crippen LogP contribution < -0.4 is 15.8 Å². The molecule has 0 radical (unpaired) electrons. The van der Waals surface area contributed by atoms with Crippen molar-refractivity contribution in [3.63, 3.8) is 0 Å². The van der Waals surface area contributed by atoms with E-state index in [-0.39, 0.29) is 29.8 Å². The van der Waals surface area contributed by atoms with Gasteiger partial charge in [-0.3, -0.25) is 4.79 Å². The summed E-state index contributed by atoms with van der Waals surface area (Å²) in [7, 11) is -3.69. The molecule has 4 N–H and O–H groups in total. The molecular weight excluding hydrogens is 426 g/mol. The molecule has 1 fully saturated rings. The summed E-state index contributed by atoms with van der Waals surface area (Å²) in [6.45, 7) is 0.392. The van der Waals surface area contributed by atoms with Gasteiger partial charge in [-0.25, -0.2) is 13.1 Å². The number of carbonyl (C=O) groups is 1. The predicted molar refractivity (Wildman–Crippen MR) is 87.2 cm³/mol. The summed E-state index contributed by atoms with van der Waals surface area (Å²) in [6, 6.07) is 3.04. The number of sulfonamides is 1. The van der Waals surface area contributed by atoms with Crippen molar-refractivity contribution in [2.45, 2.75) is 17.7 Å². The second-order valence-corrected chi connectivity index (χ2v) is 8.19. The summed E-state index contributed by atoms with van der Waals surface area (Å²) in [5.74, 6) is 0.103. The molecule has 0 saturated heterocycles. The van der Waals surface area contributed by atoms with Gasteiger partial charge in [0.2, 0.25) is 15.9 Å². The molecule has 0 unspecified atom stereocenters. The minimum atomic E-state index is -3.69. The number of benzene rings is 1. The zero-order valence-electron chi connectivity index (χ0n) is 11.0. The van der Waals surface area contributed by atoms with Gasteiger partial charge in [-0.2, -0.15) is 0 Å². The third-order valence-corrected chi connectivity index (χ3v) is 6.29. The maximum atomic E-state index is 12.3. The van der Waals surface area contributed by atoms with E-state index in [9.17, 15) is 13.2 Å². The Balaban J connectivity index is 1.96. The van der Waals surface area contributed by atoms with Gasteiger partial charge in [0, 0.05) is 33.6 Å². The fraction of sp³-hybridized carbons (Fsp3) is 0.417. The lowest BCUT2D eigenvalue weighted by Gasteiger charge is -2.11. The molecule has 0 bridgehead atoms. The molecule has 0 heterocycles. The first-order valence-corrected chi connectivity index (χ1v) is 9.40. The first-order valence-electron chi connectivity index (χ1n) is 6.33. The van der Waals surface area contributed by atoms with Crippen LogP contribution >= 0.6 is 31.9 Å². The van der Waals surface area contributed by atoms with Crippen LogP contribution in [0.15, 0.2) is 26.0 Å². The van der Waals surface area contributed by atoms with Gasteiger partial charge in [0.05, 0.1) is 0 Å². The minimum absolute atomic E-state index is 0.0101. The predicted octanol–water partition coefficient (Wildman–Crippen LogP) is 1.60. The number of rotatable bonds is 6. The molecule has 9 heteroatoms. The molecule has 0 aromatic heterocycles. The van der Waals surface area contributed by atoms with Gasteiger partial charge in [0.15, 0.2) is 0 Å². The van der Waals surface area contributed by atoms with Crippen molar-refractivity contribution < 1.29 is 13.2 Å². The summed E-state index contributed by atoms with van der Waals surface area (Å²) in [5.41, 5.74) is 6.09. The average molecular weight is 441 g/mol. The Labute approximate surface area is 140 Å². The number of hydrogen-bond donors (Lipinski definition) is 3. The summed E-state index contributed by atoms with van der Waals surface area (Å²) >= 11 is 6.39. The number of nitrogens with one attached hydrogen (secondary N) is 2. The fourth-order valence-corrected chi connectivity index (χ4v) is 5.42. The number of nitrogen functional groups attached to an aromatic ring is 1. The first-order chi connectivity index (χ1) is 9.81. The van der Waals surface area contributed by atoms with E-state index >= 15 is 0 Å². The largest absolute Gasteiger partial charge is 0.399 e. The van der Waals surface area contributed by atoms with Crippen LogP contribution in [0.3, 0.4) is 0 Å². The van der Waals surface area contributed by atoms with Gasteiger partial charge in [-0.05, 0) is 56.8 Å². The molecular formula is C12H15Br2N3O3S. The molecule has 0 aliphatic heterocycles. The van der Waals surface area contributed by atoms with Crippen molar-refractivity contribution >= 4 is 53.5 Å². The van der Waals surface area contributed by atoms with Gasteiger partial charge in [-0.15, -0.1) is 0 Å². The van der Waals surface area contributed by atoms with E-state index < -0.39 is 10.0 Å². The van der Waals surface area contributed by atoms with Gasteiger partial charge in [0.25, 0.3) is 0 Å². The second kappa shape index (κ2) is 6.64. The maximum Gasteiger partial charge on any atom is 0.242 e. The van der Waals surface area contributed by atoms with Crippen molar-refractivity contribution in [3.8, 4) is 0 Å². The Kier molecular flexibility index (Phi) is 5.29. The molecule has 116 valence electrons. The highest BCUT2D eigenvalue weighted by Crippen LogP contribution is 2.32. The lowest BCUT2D eigenvalue weighted by Crippen LogP contribution is -2.35. The Bertz CT molecular complexity index is 637. The standard InChI is InChI=1S/C12H15Br2N3O3S/c13-9-5-8(15)6-10(14)11(9)21(19,20)17-4-3-16-12(18)7-1-2-7/h5-7,17H,1-4,15H2,(H,16,18). The molecule has 6 nitrogen and oxygen atoms in total. The molecule has 1 aliphatic rings. The van der Waals surface area contributed by atoms with Gasteiger partial charge < -0.3 is 11.1 Å². The molecule has 2 rings (SSSR count). The number of carbonyl (C=O) groups excluding carboxylic acids is 1. The van der Waals surface area contributed by atoms with Crippen LogP contribution in [0.2, 0.25) is 0 Å².